The SMILES string of the molecule is COC(C)Oc1ccc(Cc2ccc(OCC3CO3)cc2)cc1. The van der Waals surface area contributed by atoms with Crippen LogP contribution < -0.4 is 9.47 Å². The Balaban J connectivity index is 1.53. The van der Waals surface area contributed by atoms with Crippen molar-refractivity contribution >= 4 is 0 Å². The van der Waals surface area contributed by atoms with Crippen LogP contribution in [0.25, 0.3) is 0 Å². The van der Waals surface area contributed by atoms with Gasteiger partial charge < -0.3 is 18.9 Å². The van der Waals surface area contributed by atoms with Crippen molar-refractivity contribution in [3.05, 3.63) is 59.7 Å². The van der Waals surface area contributed by atoms with Crippen LogP contribution in [-0.2, 0) is 15.9 Å². The minimum absolute atomic E-state index is 0.241. The molecule has 0 aliphatic carbocycles. The highest BCUT2D eigenvalue weighted by Gasteiger charge is 2.22. The topological polar surface area (TPSA) is 40.2 Å². The quantitative estimate of drug-likeness (QED) is 0.553. The van der Waals surface area contributed by atoms with E-state index in [0.29, 0.717) is 6.61 Å². The third-order valence-corrected chi connectivity index (χ3v) is 3.73. The largest absolute Gasteiger partial charge is 0.491 e. The Morgan fingerprint density at radius 3 is 2.09 bits per heavy atom. The summed E-state index contributed by atoms with van der Waals surface area (Å²) < 4.78 is 21.5. The number of hydrogen-bond acceptors (Lipinski definition) is 4. The predicted octanol–water partition coefficient (Wildman–Crippen LogP) is 3.43. The molecule has 0 radical (unpaired) electrons. The highest BCUT2D eigenvalue weighted by molar-refractivity contribution is 5.34. The molecule has 4 heteroatoms. The lowest BCUT2D eigenvalue weighted by molar-refractivity contribution is -0.0382. The first-order valence-electron chi connectivity index (χ1n) is 7.84. The number of epoxide rings is 1. The minimum atomic E-state index is -0.241. The fraction of sp³-hybridized carbons (Fsp3) is 0.368. The monoisotopic (exact) mass is 314 g/mol. The third kappa shape index (κ3) is 4.98. The molecule has 1 heterocycles. The molecule has 0 amide bonds. The molecular formula is C19H22O4. The molecule has 2 aromatic rings. The maximum absolute atomic E-state index is 5.65. The third-order valence-electron chi connectivity index (χ3n) is 3.73. The van der Waals surface area contributed by atoms with Gasteiger partial charge in [-0.25, -0.2) is 0 Å². The average Bonchev–Trinajstić information content (AvgIpc) is 3.40. The summed E-state index contributed by atoms with van der Waals surface area (Å²) >= 11 is 0. The van der Waals surface area contributed by atoms with Crippen LogP contribution in [0.5, 0.6) is 11.5 Å². The summed E-state index contributed by atoms with van der Waals surface area (Å²) in [6.07, 6.45) is 0.928. The first-order valence-corrected chi connectivity index (χ1v) is 7.84. The first-order chi connectivity index (χ1) is 11.2. The molecular weight excluding hydrogens is 292 g/mol. The van der Waals surface area contributed by atoms with E-state index in [2.05, 4.69) is 24.3 Å². The molecule has 0 saturated carbocycles. The van der Waals surface area contributed by atoms with Gasteiger partial charge in [0.2, 0.25) is 0 Å². The lowest BCUT2D eigenvalue weighted by atomic mass is 10.0. The molecule has 3 rings (SSSR count). The van der Waals surface area contributed by atoms with E-state index in [9.17, 15) is 0 Å². The zero-order valence-corrected chi connectivity index (χ0v) is 13.5. The highest BCUT2D eigenvalue weighted by atomic mass is 16.7. The molecule has 1 fully saturated rings. The molecule has 1 aliphatic rings. The van der Waals surface area contributed by atoms with Crippen molar-refractivity contribution in [2.24, 2.45) is 0 Å². The van der Waals surface area contributed by atoms with E-state index in [1.54, 1.807) is 7.11 Å². The molecule has 4 nitrogen and oxygen atoms in total. The van der Waals surface area contributed by atoms with Crippen molar-refractivity contribution in [2.75, 3.05) is 20.3 Å². The lowest BCUT2D eigenvalue weighted by Gasteiger charge is -2.13. The van der Waals surface area contributed by atoms with Gasteiger partial charge in [0, 0.05) is 7.11 Å². The number of hydrogen-bond donors (Lipinski definition) is 0. The molecule has 1 aliphatic heterocycles. The molecule has 0 spiro atoms. The van der Waals surface area contributed by atoms with Gasteiger partial charge in [0.25, 0.3) is 0 Å². The summed E-state index contributed by atoms with van der Waals surface area (Å²) in [5, 5.41) is 0. The van der Waals surface area contributed by atoms with Gasteiger partial charge in [-0.2, -0.15) is 0 Å². The molecule has 2 aromatic carbocycles. The molecule has 0 N–H and O–H groups in total. The van der Waals surface area contributed by atoms with Crippen molar-refractivity contribution in [3.8, 4) is 11.5 Å². The second-order valence-electron chi connectivity index (χ2n) is 5.65. The number of ether oxygens (including phenoxy) is 4. The zero-order chi connectivity index (χ0) is 16.1. The van der Waals surface area contributed by atoms with Gasteiger partial charge in [0.1, 0.15) is 24.2 Å². The first kappa shape index (κ1) is 15.8. The van der Waals surface area contributed by atoms with E-state index < -0.39 is 0 Å². The Labute approximate surface area is 136 Å². The van der Waals surface area contributed by atoms with Gasteiger partial charge in [-0.15, -0.1) is 0 Å². The van der Waals surface area contributed by atoms with Crippen LogP contribution in [0.2, 0.25) is 0 Å². The van der Waals surface area contributed by atoms with E-state index in [4.69, 9.17) is 18.9 Å². The molecule has 23 heavy (non-hydrogen) atoms. The van der Waals surface area contributed by atoms with E-state index in [-0.39, 0.29) is 12.4 Å². The Bertz CT molecular complexity index is 602. The average molecular weight is 314 g/mol. The second-order valence-corrected chi connectivity index (χ2v) is 5.65. The van der Waals surface area contributed by atoms with Gasteiger partial charge in [-0.3, -0.25) is 0 Å². The Hall–Kier alpha value is -2.04. The molecule has 1 saturated heterocycles. The summed E-state index contributed by atoms with van der Waals surface area (Å²) in [7, 11) is 1.63. The summed E-state index contributed by atoms with van der Waals surface area (Å²) in [6, 6.07) is 16.3. The standard InChI is InChI=1S/C19H22O4/c1-14(20-2)23-18-9-5-16(6-10-18)11-15-3-7-17(8-4-15)21-12-19-13-22-19/h3-10,14,19H,11-13H2,1-2H3. The van der Waals surface area contributed by atoms with Crippen molar-refractivity contribution in [2.45, 2.75) is 25.7 Å². The van der Waals surface area contributed by atoms with Crippen LogP contribution in [0, 0.1) is 0 Å². The Morgan fingerprint density at radius 1 is 1.00 bits per heavy atom. The van der Waals surface area contributed by atoms with Crippen LogP contribution in [0.1, 0.15) is 18.1 Å². The second kappa shape index (κ2) is 7.49. The van der Waals surface area contributed by atoms with E-state index in [1.807, 2.05) is 31.2 Å². The fourth-order valence-electron chi connectivity index (χ4n) is 2.22. The van der Waals surface area contributed by atoms with Gasteiger partial charge in [0.05, 0.1) is 6.61 Å². The van der Waals surface area contributed by atoms with Crippen LogP contribution in [0.3, 0.4) is 0 Å². The van der Waals surface area contributed by atoms with Gasteiger partial charge in [-0.1, -0.05) is 24.3 Å². The van der Waals surface area contributed by atoms with Crippen molar-refractivity contribution < 1.29 is 18.9 Å². The summed E-state index contributed by atoms with van der Waals surface area (Å²) in [5.41, 5.74) is 2.49. The van der Waals surface area contributed by atoms with Crippen LogP contribution in [0.15, 0.2) is 48.5 Å². The van der Waals surface area contributed by atoms with Gasteiger partial charge in [-0.05, 0) is 48.7 Å². The van der Waals surface area contributed by atoms with Crippen LogP contribution >= 0.6 is 0 Å². The number of rotatable bonds is 8. The Morgan fingerprint density at radius 2 is 1.57 bits per heavy atom. The maximum Gasteiger partial charge on any atom is 0.196 e. The normalized spacial score (nSPS) is 17.6. The van der Waals surface area contributed by atoms with E-state index in [0.717, 1.165) is 24.5 Å². The molecule has 2 atom stereocenters. The molecule has 122 valence electrons. The van der Waals surface area contributed by atoms with E-state index in [1.165, 1.54) is 11.1 Å². The molecule has 0 aromatic heterocycles. The van der Waals surface area contributed by atoms with Crippen molar-refractivity contribution in [3.63, 3.8) is 0 Å². The minimum Gasteiger partial charge on any atom is -0.491 e. The number of methoxy groups -OCH3 is 1. The number of benzene rings is 2. The summed E-state index contributed by atoms with van der Waals surface area (Å²) in [5.74, 6) is 1.70. The van der Waals surface area contributed by atoms with Crippen molar-refractivity contribution in [1.29, 1.82) is 0 Å². The molecule has 2 unspecified atom stereocenters. The van der Waals surface area contributed by atoms with Crippen LogP contribution in [0.4, 0.5) is 0 Å². The summed E-state index contributed by atoms with van der Waals surface area (Å²) in [4.78, 5) is 0. The van der Waals surface area contributed by atoms with Gasteiger partial charge >= 0.3 is 0 Å². The van der Waals surface area contributed by atoms with Crippen molar-refractivity contribution in [1.82, 2.24) is 0 Å². The lowest BCUT2D eigenvalue weighted by Crippen LogP contribution is -2.13. The maximum atomic E-state index is 5.65. The smallest absolute Gasteiger partial charge is 0.196 e. The fourth-order valence-corrected chi connectivity index (χ4v) is 2.22. The highest BCUT2D eigenvalue weighted by Crippen LogP contribution is 2.19. The Kier molecular flexibility index (Phi) is 5.16. The van der Waals surface area contributed by atoms with Crippen LogP contribution in [-0.4, -0.2) is 32.7 Å². The van der Waals surface area contributed by atoms with Gasteiger partial charge in [0.15, 0.2) is 6.29 Å². The molecule has 0 bridgehead atoms. The zero-order valence-electron chi connectivity index (χ0n) is 13.5. The van der Waals surface area contributed by atoms with E-state index >= 15 is 0 Å². The predicted molar refractivity (Wildman–Crippen MR) is 88.0 cm³/mol. The summed E-state index contributed by atoms with van der Waals surface area (Å²) in [6.45, 7) is 3.33.